The minimum absolute atomic E-state index is 0.239. The number of hydrogen-bond donors (Lipinski definition) is 3. The molecule has 9 nitrogen and oxygen atoms in total. The van der Waals surface area contributed by atoms with Crippen LogP contribution in [0.3, 0.4) is 0 Å². The van der Waals surface area contributed by atoms with Crippen molar-refractivity contribution in [3.8, 4) is 17.3 Å². The van der Waals surface area contributed by atoms with Gasteiger partial charge in [-0.05, 0) is 55.4 Å². The van der Waals surface area contributed by atoms with Gasteiger partial charge in [0.1, 0.15) is 22.8 Å². The predicted molar refractivity (Wildman–Crippen MR) is 122 cm³/mol. The molecule has 1 fully saturated rings. The van der Waals surface area contributed by atoms with E-state index in [1.54, 1.807) is 13.0 Å². The molecular formula is C23H25N3O6S. The highest BCUT2D eigenvalue weighted by molar-refractivity contribution is 8.14. The van der Waals surface area contributed by atoms with Gasteiger partial charge in [-0.3, -0.25) is 0 Å². The van der Waals surface area contributed by atoms with Crippen LogP contribution < -0.4 is 0 Å². The molecule has 0 unspecified atom stereocenters. The van der Waals surface area contributed by atoms with Gasteiger partial charge in [0.25, 0.3) is 5.23 Å². The Hall–Kier alpha value is -2.84. The molecule has 0 amide bonds. The Balaban J connectivity index is 1.63. The van der Waals surface area contributed by atoms with Gasteiger partial charge in [-0.1, -0.05) is 13.0 Å². The van der Waals surface area contributed by atoms with E-state index in [9.17, 15) is 25.4 Å². The summed E-state index contributed by atoms with van der Waals surface area (Å²) in [4.78, 5) is 16.0. The fourth-order valence-electron chi connectivity index (χ4n) is 4.07. The second-order valence-electron chi connectivity index (χ2n) is 8.72. The first kappa shape index (κ1) is 23.3. The molecule has 1 aromatic heterocycles. The van der Waals surface area contributed by atoms with Crippen molar-refractivity contribution in [1.82, 2.24) is 4.57 Å². The molecule has 33 heavy (non-hydrogen) atoms. The van der Waals surface area contributed by atoms with Crippen LogP contribution in [0.1, 0.15) is 32.0 Å². The van der Waals surface area contributed by atoms with E-state index in [-0.39, 0.29) is 5.23 Å². The Morgan fingerprint density at radius 2 is 1.97 bits per heavy atom. The van der Waals surface area contributed by atoms with E-state index in [2.05, 4.69) is 11.1 Å². The number of aromatic nitrogens is 1. The largest absolute Gasteiger partial charge is 0.479 e. The Morgan fingerprint density at radius 1 is 1.24 bits per heavy atom. The minimum atomic E-state index is -1.45. The van der Waals surface area contributed by atoms with Crippen LogP contribution in [0.15, 0.2) is 35.3 Å². The highest BCUT2D eigenvalue weighted by Gasteiger charge is 2.47. The molecule has 2 aromatic rings. The summed E-state index contributed by atoms with van der Waals surface area (Å²) in [6.07, 6.45) is -3.87. The molecule has 1 aromatic carbocycles. The average molecular weight is 472 g/mol. The van der Waals surface area contributed by atoms with E-state index in [0.29, 0.717) is 11.4 Å². The Labute approximate surface area is 195 Å². The van der Waals surface area contributed by atoms with Gasteiger partial charge in [0.15, 0.2) is 6.10 Å². The van der Waals surface area contributed by atoms with Crippen LogP contribution in [0.4, 0.5) is 5.69 Å². The fraction of sp³-hybridized carbons (Fsp3) is 0.435. The van der Waals surface area contributed by atoms with E-state index in [1.165, 1.54) is 0 Å². The summed E-state index contributed by atoms with van der Waals surface area (Å²) in [6.45, 7) is 5.36. The molecule has 174 valence electrons. The van der Waals surface area contributed by atoms with E-state index < -0.39 is 41.2 Å². The number of nitriles is 1. The monoisotopic (exact) mass is 471 g/mol. The molecule has 3 heterocycles. The number of carboxylic acids is 1. The third kappa shape index (κ3) is 4.13. The van der Waals surface area contributed by atoms with Crippen LogP contribution in [0.2, 0.25) is 0 Å². The van der Waals surface area contributed by atoms with Crippen LogP contribution >= 0.6 is 11.8 Å². The molecular weight excluding hydrogens is 446 g/mol. The Bertz CT molecular complexity index is 1170. The van der Waals surface area contributed by atoms with Crippen LogP contribution in [-0.4, -0.2) is 54.8 Å². The number of nitrogens with zero attached hydrogens (tertiary/aromatic N) is 3. The maximum atomic E-state index is 11.5. The first-order chi connectivity index (χ1) is 15.5. The predicted octanol–water partition coefficient (Wildman–Crippen LogP) is 2.72. The molecule has 0 radical (unpaired) electrons. The van der Waals surface area contributed by atoms with Gasteiger partial charge in [0.2, 0.25) is 0 Å². The zero-order valence-corrected chi connectivity index (χ0v) is 19.4. The molecule has 2 aliphatic rings. The molecule has 0 aliphatic carbocycles. The first-order valence-corrected chi connectivity index (χ1v) is 11.3. The van der Waals surface area contributed by atoms with E-state index in [1.807, 2.05) is 49.7 Å². The molecule has 1 saturated heterocycles. The summed E-state index contributed by atoms with van der Waals surface area (Å²) in [5.74, 6) is -2.00. The number of carboxylic acid groups (broad SMARTS) is 1. The Kier molecular flexibility index (Phi) is 6.01. The zero-order valence-electron chi connectivity index (χ0n) is 18.6. The topological polar surface area (TPSA) is 137 Å². The van der Waals surface area contributed by atoms with Crippen molar-refractivity contribution >= 4 is 28.6 Å². The third-order valence-electron chi connectivity index (χ3n) is 6.14. The number of aliphatic imine (C=N–C) groups is 1. The van der Waals surface area contributed by atoms with Gasteiger partial charge < -0.3 is 29.4 Å². The van der Waals surface area contributed by atoms with Crippen molar-refractivity contribution in [3.63, 3.8) is 0 Å². The number of fused-ring (bicyclic) bond motifs is 1. The summed E-state index contributed by atoms with van der Waals surface area (Å²) in [7, 11) is 1.83. The van der Waals surface area contributed by atoms with Gasteiger partial charge in [-0.15, -0.1) is 0 Å². The number of ether oxygens (including phenoxy) is 2. The molecule has 5 atom stereocenters. The summed E-state index contributed by atoms with van der Waals surface area (Å²) < 4.78 is 13.4. The molecule has 3 N–H and O–H groups in total. The number of hydrogen-bond acceptors (Lipinski definition) is 8. The van der Waals surface area contributed by atoms with Gasteiger partial charge >= 0.3 is 5.97 Å². The van der Waals surface area contributed by atoms with E-state index in [4.69, 9.17) is 9.47 Å². The van der Waals surface area contributed by atoms with E-state index >= 15 is 0 Å². The summed E-state index contributed by atoms with van der Waals surface area (Å²) in [5, 5.41) is 39.5. The molecule has 2 aliphatic heterocycles. The number of thioether (sulfide) groups is 1. The number of benzene rings is 1. The lowest BCUT2D eigenvalue weighted by atomic mass is 9.91. The summed E-state index contributed by atoms with van der Waals surface area (Å²) in [5.41, 5.74) is 2.16. The van der Waals surface area contributed by atoms with Crippen molar-refractivity contribution < 1.29 is 29.6 Å². The van der Waals surface area contributed by atoms with Crippen molar-refractivity contribution in [1.29, 1.82) is 5.26 Å². The van der Waals surface area contributed by atoms with Crippen molar-refractivity contribution in [3.05, 3.63) is 41.6 Å². The second-order valence-corrected chi connectivity index (χ2v) is 9.77. The quantitative estimate of drug-likeness (QED) is 0.621. The average Bonchev–Trinajstić information content (AvgIpc) is 3.13. The summed E-state index contributed by atoms with van der Waals surface area (Å²) in [6, 6.07) is 11.6. The standard InChI is InChI=1S/C23H25N3O6S/c1-11-17(27)19(20(29)30)31-21(18(11)28)33-22-25-15-7-5-12(9-14(15)23(2,3)32-22)16-8-6-13(10-24)26(16)4/h5-9,11,17-19,21,27-28H,1-4H3,(H,29,30)/t11-,17-,18+,19-,21-/m0/s1. The maximum absolute atomic E-state index is 11.5. The highest BCUT2D eigenvalue weighted by atomic mass is 32.2. The van der Waals surface area contributed by atoms with Crippen molar-refractivity contribution in [2.75, 3.05) is 0 Å². The SMILES string of the molecule is C[C@@H]1[C@@H](O)[C@H](SC2=Nc3ccc(-c4ccc(C#N)n4C)cc3C(C)(C)O2)O[C@H](C(=O)O)[C@H]1O. The third-order valence-corrected chi connectivity index (χ3v) is 7.14. The van der Waals surface area contributed by atoms with E-state index in [0.717, 1.165) is 28.6 Å². The molecule has 0 bridgehead atoms. The van der Waals surface area contributed by atoms with Crippen molar-refractivity contribution in [2.45, 2.75) is 50.1 Å². The van der Waals surface area contributed by atoms with Gasteiger partial charge in [0, 0.05) is 24.2 Å². The van der Waals surface area contributed by atoms with Crippen molar-refractivity contribution in [2.24, 2.45) is 18.0 Å². The lowest BCUT2D eigenvalue weighted by Gasteiger charge is -2.40. The molecule has 0 spiro atoms. The second kappa shape index (κ2) is 8.50. The smallest absolute Gasteiger partial charge is 0.335 e. The number of aliphatic hydroxyl groups is 2. The maximum Gasteiger partial charge on any atom is 0.335 e. The number of aliphatic hydroxyl groups excluding tert-OH is 2. The van der Waals surface area contributed by atoms with Crippen LogP contribution in [0.25, 0.3) is 11.3 Å². The van der Waals surface area contributed by atoms with Crippen LogP contribution in [0.5, 0.6) is 0 Å². The fourth-order valence-corrected chi connectivity index (χ4v) is 5.23. The number of aliphatic carboxylic acids is 1. The summed E-state index contributed by atoms with van der Waals surface area (Å²) >= 11 is 0.993. The minimum Gasteiger partial charge on any atom is -0.479 e. The van der Waals surface area contributed by atoms with Gasteiger partial charge in [-0.25, -0.2) is 9.79 Å². The normalized spacial score (nSPS) is 28.3. The lowest BCUT2D eigenvalue weighted by Crippen LogP contribution is -2.55. The van der Waals surface area contributed by atoms with Crippen LogP contribution in [-0.2, 0) is 26.9 Å². The lowest BCUT2D eigenvalue weighted by molar-refractivity contribution is -0.191. The first-order valence-electron chi connectivity index (χ1n) is 10.4. The Morgan fingerprint density at radius 3 is 2.61 bits per heavy atom. The van der Waals surface area contributed by atoms with Crippen LogP contribution in [0, 0.1) is 17.2 Å². The number of carbonyl (C=O) groups is 1. The number of rotatable bonds is 3. The highest BCUT2D eigenvalue weighted by Crippen LogP contribution is 2.43. The molecule has 0 saturated carbocycles. The zero-order chi connectivity index (χ0) is 24.1. The molecule has 10 heteroatoms. The van der Waals surface area contributed by atoms with Gasteiger partial charge in [-0.2, -0.15) is 5.26 Å². The van der Waals surface area contributed by atoms with Gasteiger partial charge in [0.05, 0.1) is 17.9 Å². The molecule has 4 rings (SSSR count).